The Hall–Kier alpha value is -2.50. The van der Waals surface area contributed by atoms with Gasteiger partial charge >= 0.3 is 0 Å². The molecule has 0 N–H and O–H groups in total. The van der Waals surface area contributed by atoms with E-state index in [0.717, 1.165) is 21.0 Å². The molecule has 2 heterocycles. The Morgan fingerprint density at radius 1 is 1.11 bits per heavy atom. The van der Waals surface area contributed by atoms with E-state index in [4.69, 9.17) is 20.4 Å². The van der Waals surface area contributed by atoms with Crippen LogP contribution in [0.5, 0.6) is 0 Å². The standard InChI is InChI=1S/C22H17BrClNO3/c1-14-19-9-6-16(23)11-20(19)28-21(14)22(26)25(13-18-3-2-10-27-18)12-15-4-7-17(24)8-5-15/h2-11H,12-13H2,1H3. The molecule has 0 spiro atoms. The molecule has 2 aromatic heterocycles. The Balaban J connectivity index is 1.69. The van der Waals surface area contributed by atoms with Gasteiger partial charge in [-0.05, 0) is 55.0 Å². The monoisotopic (exact) mass is 457 g/mol. The molecule has 0 bridgehead atoms. The summed E-state index contributed by atoms with van der Waals surface area (Å²) < 4.78 is 12.3. The molecule has 0 radical (unpaired) electrons. The predicted molar refractivity (Wildman–Crippen MR) is 112 cm³/mol. The second-order valence-corrected chi connectivity index (χ2v) is 7.92. The van der Waals surface area contributed by atoms with Gasteiger partial charge in [-0.15, -0.1) is 0 Å². The third-order valence-corrected chi connectivity index (χ3v) is 5.34. The van der Waals surface area contributed by atoms with E-state index in [1.54, 1.807) is 11.2 Å². The zero-order valence-electron chi connectivity index (χ0n) is 15.1. The minimum atomic E-state index is -0.184. The Bertz CT molecular complexity index is 1120. The first kappa shape index (κ1) is 18.8. The van der Waals surface area contributed by atoms with Gasteiger partial charge in [0.1, 0.15) is 11.3 Å². The molecule has 4 aromatic rings. The summed E-state index contributed by atoms with van der Waals surface area (Å²) in [6, 6.07) is 16.9. The van der Waals surface area contributed by atoms with Crippen LogP contribution >= 0.6 is 27.5 Å². The lowest BCUT2D eigenvalue weighted by Crippen LogP contribution is -2.30. The van der Waals surface area contributed by atoms with Crippen molar-refractivity contribution in [1.82, 2.24) is 4.90 Å². The molecule has 6 heteroatoms. The number of nitrogens with zero attached hydrogens (tertiary/aromatic N) is 1. The molecule has 28 heavy (non-hydrogen) atoms. The average Bonchev–Trinajstić information content (AvgIpc) is 3.30. The molecule has 0 aliphatic heterocycles. The van der Waals surface area contributed by atoms with Gasteiger partial charge in [0, 0.05) is 27.0 Å². The quantitative estimate of drug-likeness (QED) is 0.339. The summed E-state index contributed by atoms with van der Waals surface area (Å²) in [5.74, 6) is 0.864. The van der Waals surface area contributed by atoms with Gasteiger partial charge in [-0.2, -0.15) is 0 Å². The van der Waals surface area contributed by atoms with E-state index in [0.29, 0.717) is 35.2 Å². The number of hydrogen-bond acceptors (Lipinski definition) is 3. The van der Waals surface area contributed by atoms with Gasteiger partial charge in [-0.3, -0.25) is 4.79 Å². The van der Waals surface area contributed by atoms with Gasteiger partial charge in [-0.25, -0.2) is 0 Å². The van der Waals surface area contributed by atoms with E-state index in [1.165, 1.54) is 0 Å². The molecule has 4 rings (SSSR count). The molecule has 0 atom stereocenters. The van der Waals surface area contributed by atoms with Gasteiger partial charge in [-0.1, -0.05) is 39.7 Å². The van der Waals surface area contributed by atoms with Crippen LogP contribution in [-0.2, 0) is 13.1 Å². The second-order valence-electron chi connectivity index (χ2n) is 6.56. The van der Waals surface area contributed by atoms with Gasteiger partial charge in [0.2, 0.25) is 0 Å². The molecule has 0 aliphatic carbocycles. The number of rotatable bonds is 5. The lowest BCUT2D eigenvalue weighted by atomic mass is 10.1. The highest BCUT2D eigenvalue weighted by Gasteiger charge is 2.24. The summed E-state index contributed by atoms with van der Waals surface area (Å²) in [6.07, 6.45) is 1.60. The predicted octanol–water partition coefficient (Wildman–Crippen LogP) is 6.59. The van der Waals surface area contributed by atoms with Crippen molar-refractivity contribution in [3.63, 3.8) is 0 Å². The highest BCUT2D eigenvalue weighted by atomic mass is 79.9. The summed E-state index contributed by atoms with van der Waals surface area (Å²) >= 11 is 9.43. The smallest absolute Gasteiger partial charge is 0.290 e. The van der Waals surface area contributed by atoms with Crippen LogP contribution in [0.4, 0.5) is 0 Å². The maximum atomic E-state index is 13.4. The van der Waals surface area contributed by atoms with E-state index in [9.17, 15) is 4.79 Å². The van der Waals surface area contributed by atoms with Crippen molar-refractivity contribution < 1.29 is 13.6 Å². The number of furan rings is 2. The van der Waals surface area contributed by atoms with Crippen LogP contribution in [0, 0.1) is 6.92 Å². The molecule has 0 unspecified atom stereocenters. The lowest BCUT2D eigenvalue weighted by molar-refractivity contribution is 0.0686. The molecule has 0 saturated heterocycles. The number of aryl methyl sites for hydroxylation is 1. The minimum Gasteiger partial charge on any atom is -0.467 e. The molecule has 1 amide bonds. The average molecular weight is 459 g/mol. The van der Waals surface area contributed by atoms with Gasteiger partial charge in [0.15, 0.2) is 5.76 Å². The summed E-state index contributed by atoms with van der Waals surface area (Å²) in [6.45, 7) is 2.66. The first-order chi connectivity index (χ1) is 13.5. The topological polar surface area (TPSA) is 46.6 Å². The summed E-state index contributed by atoms with van der Waals surface area (Å²) in [7, 11) is 0. The van der Waals surface area contributed by atoms with Crippen LogP contribution in [0.25, 0.3) is 11.0 Å². The number of carbonyl (C=O) groups excluding carboxylic acids is 1. The van der Waals surface area contributed by atoms with Crippen molar-refractivity contribution in [2.24, 2.45) is 0 Å². The van der Waals surface area contributed by atoms with Gasteiger partial charge in [0.05, 0.1) is 12.8 Å². The van der Waals surface area contributed by atoms with Gasteiger partial charge < -0.3 is 13.7 Å². The number of halogens is 2. The Morgan fingerprint density at radius 3 is 2.61 bits per heavy atom. The summed E-state index contributed by atoms with van der Waals surface area (Å²) in [5, 5.41) is 1.59. The molecule has 142 valence electrons. The van der Waals surface area contributed by atoms with Crippen LogP contribution in [0.2, 0.25) is 5.02 Å². The fraction of sp³-hybridized carbons (Fsp3) is 0.136. The number of amides is 1. The summed E-state index contributed by atoms with van der Waals surface area (Å²) in [4.78, 5) is 15.1. The van der Waals surface area contributed by atoms with Crippen LogP contribution < -0.4 is 0 Å². The van der Waals surface area contributed by atoms with E-state index in [1.807, 2.05) is 61.5 Å². The minimum absolute atomic E-state index is 0.184. The fourth-order valence-electron chi connectivity index (χ4n) is 3.15. The van der Waals surface area contributed by atoms with Crippen LogP contribution in [0.3, 0.4) is 0 Å². The molecule has 0 aliphatic rings. The normalized spacial score (nSPS) is 11.1. The molecular formula is C22H17BrClNO3. The van der Waals surface area contributed by atoms with E-state index >= 15 is 0 Å². The molecular weight excluding hydrogens is 442 g/mol. The van der Waals surface area contributed by atoms with Crippen LogP contribution in [0.15, 0.2) is 74.2 Å². The molecule has 2 aromatic carbocycles. The van der Waals surface area contributed by atoms with Crippen molar-refractivity contribution >= 4 is 44.4 Å². The third-order valence-electron chi connectivity index (χ3n) is 4.60. The lowest BCUT2D eigenvalue weighted by Gasteiger charge is -2.21. The van der Waals surface area contributed by atoms with Crippen LogP contribution in [-0.4, -0.2) is 10.8 Å². The number of carbonyl (C=O) groups is 1. The van der Waals surface area contributed by atoms with Crippen molar-refractivity contribution in [2.75, 3.05) is 0 Å². The Kier molecular flexibility index (Phi) is 5.29. The zero-order chi connectivity index (χ0) is 19.7. The van der Waals surface area contributed by atoms with Crippen molar-refractivity contribution in [3.05, 3.63) is 93.0 Å². The van der Waals surface area contributed by atoms with E-state index < -0.39 is 0 Å². The van der Waals surface area contributed by atoms with Crippen molar-refractivity contribution in [2.45, 2.75) is 20.0 Å². The van der Waals surface area contributed by atoms with Gasteiger partial charge in [0.25, 0.3) is 5.91 Å². The van der Waals surface area contributed by atoms with E-state index in [-0.39, 0.29) is 5.91 Å². The van der Waals surface area contributed by atoms with E-state index in [2.05, 4.69) is 15.9 Å². The second kappa shape index (κ2) is 7.86. The van der Waals surface area contributed by atoms with Crippen molar-refractivity contribution in [1.29, 1.82) is 0 Å². The van der Waals surface area contributed by atoms with Crippen molar-refractivity contribution in [3.8, 4) is 0 Å². The highest BCUT2D eigenvalue weighted by molar-refractivity contribution is 9.10. The molecule has 4 nitrogen and oxygen atoms in total. The first-order valence-corrected chi connectivity index (χ1v) is 9.93. The summed E-state index contributed by atoms with van der Waals surface area (Å²) in [5.41, 5.74) is 2.48. The number of hydrogen-bond donors (Lipinski definition) is 0. The third kappa shape index (κ3) is 3.86. The van der Waals surface area contributed by atoms with Crippen LogP contribution in [0.1, 0.15) is 27.4 Å². The Labute approximate surface area is 175 Å². The largest absolute Gasteiger partial charge is 0.467 e. The Morgan fingerprint density at radius 2 is 1.89 bits per heavy atom. The maximum Gasteiger partial charge on any atom is 0.290 e. The fourth-order valence-corrected chi connectivity index (χ4v) is 3.61. The number of fused-ring (bicyclic) bond motifs is 1. The highest BCUT2D eigenvalue weighted by Crippen LogP contribution is 2.29. The SMILES string of the molecule is Cc1c(C(=O)N(Cc2ccc(Cl)cc2)Cc2ccco2)oc2cc(Br)ccc12. The number of benzene rings is 2. The first-order valence-electron chi connectivity index (χ1n) is 8.76. The zero-order valence-corrected chi connectivity index (χ0v) is 17.5. The maximum absolute atomic E-state index is 13.4. The molecule has 0 fully saturated rings. The molecule has 0 saturated carbocycles.